The van der Waals surface area contributed by atoms with Crippen LogP contribution in [0.5, 0.6) is 0 Å². The molecular formula is C31H29F6N5O2. The first kappa shape index (κ1) is 31.0. The van der Waals surface area contributed by atoms with Crippen LogP contribution >= 0.6 is 0 Å². The monoisotopic (exact) mass is 617 g/mol. The molecule has 0 radical (unpaired) electrons. The van der Waals surface area contributed by atoms with Crippen LogP contribution in [0.2, 0.25) is 0 Å². The summed E-state index contributed by atoms with van der Waals surface area (Å²) >= 11 is 0. The molecule has 13 heteroatoms. The molecule has 5 rings (SSSR count). The van der Waals surface area contributed by atoms with E-state index in [1.54, 1.807) is 31.6 Å². The van der Waals surface area contributed by atoms with E-state index in [0.29, 0.717) is 43.9 Å². The van der Waals surface area contributed by atoms with Gasteiger partial charge in [0.2, 0.25) is 0 Å². The Balaban J connectivity index is 1.39. The summed E-state index contributed by atoms with van der Waals surface area (Å²) in [5, 5.41) is 5.08. The van der Waals surface area contributed by atoms with Crippen LogP contribution in [0.3, 0.4) is 0 Å². The van der Waals surface area contributed by atoms with E-state index in [0.717, 1.165) is 22.0 Å². The third-order valence-corrected chi connectivity index (χ3v) is 7.42. The first-order chi connectivity index (χ1) is 20.9. The molecule has 1 amide bonds. The quantitative estimate of drug-likeness (QED) is 0.138. The number of pyridine rings is 1. The lowest BCUT2D eigenvalue weighted by Crippen LogP contribution is -2.56. The summed E-state index contributed by atoms with van der Waals surface area (Å²) in [6.07, 6.45) is -4.68. The number of carbonyl (C=O) groups excluding carboxylic acids is 1. The van der Waals surface area contributed by atoms with Crippen LogP contribution in [0.4, 0.5) is 26.3 Å². The number of nitrogens with zero attached hydrogens (tertiary/aromatic N) is 4. The van der Waals surface area contributed by atoms with Gasteiger partial charge in [0.25, 0.3) is 5.91 Å². The predicted octanol–water partition coefficient (Wildman–Crippen LogP) is 6.56. The molecule has 3 heterocycles. The second-order valence-electron chi connectivity index (χ2n) is 10.7. The number of aromatic nitrogens is 2. The summed E-state index contributed by atoms with van der Waals surface area (Å²) < 4.78 is 81.3. The molecule has 0 unspecified atom stereocenters. The summed E-state index contributed by atoms with van der Waals surface area (Å²) in [4.78, 5) is 29.7. The van der Waals surface area contributed by atoms with Crippen molar-refractivity contribution in [1.82, 2.24) is 19.8 Å². The topological polar surface area (TPSA) is 73.8 Å². The van der Waals surface area contributed by atoms with E-state index in [1.807, 2.05) is 35.2 Å². The van der Waals surface area contributed by atoms with Gasteiger partial charge >= 0.3 is 12.4 Å². The lowest BCUT2D eigenvalue weighted by atomic mass is 9.98. The van der Waals surface area contributed by atoms with E-state index >= 15 is 0 Å². The van der Waals surface area contributed by atoms with Gasteiger partial charge < -0.3 is 14.7 Å². The zero-order chi connectivity index (χ0) is 31.5. The van der Waals surface area contributed by atoms with E-state index in [-0.39, 0.29) is 19.2 Å². The van der Waals surface area contributed by atoms with Gasteiger partial charge in [0.05, 0.1) is 16.8 Å². The van der Waals surface area contributed by atoms with Crippen molar-refractivity contribution in [3.8, 4) is 0 Å². The molecule has 4 aromatic rings. The molecule has 1 atom stereocenters. The van der Waals surface area contributed by atoms with Gasteiger partial charge in [-0.05, 0) is 49.2 Å². The van der Waals surface area contributed by atoms with Crippen LogP contribution in [-0.2, 0) is 30.2 Å². The number of alkyl halides is 6. The van der Waals surface area contributed by atoms with Crippen molar-refractivity contribution < 1.29 is 36.0 Å². The first-order valence-electron chi connectivity index (χ1n) is 13.8. The van der Waals surface area contributed by atoms with Crippen LogP contribution in [-0.4, -0.2) is 63.6 Å². The minimum atomic E-state index is -5.06. The average Bonchev–Trinajstić information content (AvgIpc) is 3.39. The highest BCUT2D eigenvalue weighted by atomic mass is 19.4. The SMILES string of the molecule is C/C(CN1CCN(C(=O)c2cc(C(F)(F)F)cc(C(F)(F)F)c2)[C@H](Cc2c[nH]c3ccccc23)C1)=N\OCc1cccnc1. The van der Waals surface area contributed by atoms with Crippen molar-refractivity contribution in [1.29, 1.82) is 0 Å². The Morgan fingerprint density at radius 2 is 1.75 bits per heavy atom. The van der Waals surface area contributed by atoms with Gasteiger partial charge in [-0.2, -0.15) is 26.3 Å². The number of benzene rings is 2. The van der Waals surface area contributed by atoms with Crippen molar-refractivity contribution in [2.24, 2.45) is 5.16 Å². The lowest BCUT2D eigenvalue weighted by molar-refractivity contribution is -0.143. The molecule has 1 aliphatic heterocycles. The van der Waals surface area contributed by atoms with Crippen molar-refractivity contribution in [2.75, 3.05) is 26.2 Å². The predicted molar refractivity (Wildman–Crippen MR) is 152 cm³/mol. The Morgan fingerprint density at radius 3 is 2.43 bits per heavy atom. The highest BCUT2D eigenvalue weighted by Crippen LogP contribution is 2.37. The number of carbonyl (C=O) groups is 1. The standard InChI is InChI=1S/C31H29F6N5O2/c1-20(40-44-19-21-5-4-8-38-15-21)17-41-9-10-42(26(18-41)13-23-16-39-28-7-3-2-6-27(23)28)29(43)22-11-24(30(32,33)34)14-25(12-22)31(35,36)37/h2-8,11-12,14-16,26,39H,9-10,13,17-19H2,1H3/b40-20+/t26-/m1/s1. The van der Waals surface area contributed by atoms with Gasteiger partial charge in [-0.25, -0.2) is 0 Å². The lowest BCUT2D eigenvalue weighted by Gasteiger charge is -2.41. The fourth-order valence-electron chi connectivity index (χ4n) is 5.36. The summed E-state index contributed by atoms with van der Waals surface area (Å²) in [6.45, 7) is 3.14. The Morgan fingerprint density at radius 1 is 1.02 bits per heavy atom. The molecule has 2 aromatic heterocycles. The molecule has 232 valence electrons. The van der Waals surface area contributed by atoms with E-state index in [4.69, 9.17) is 4.84 Å². The number of hydrogen-bond acceptors (Lipinski definition) is 5. The molecule has 7 nitrogen and oxygen atoms in total. The summed E-state index contributed by atoms with van der Waals surface area (Å²) in [7, 11) is 0. The van der Waals surface area contributed by atoms with E-state index < -0.39 is 41.0 Å². The number of piperazine rings is 1. The maximum Gasteiger partial charge on any atom is 0.416 e. The molecule has 0 aliphatic carbocycles. The molecule has 1 fully saturated rings. The molecule has 0 bridgehead atoms. The van der Waals surface area contributed by atoms with Gasteiger partial charge in [-0.15, -0.1) is 0 Å². The highest BCUT2D eigenvalue weighted by molar-refractivity contribution is 5.95. The summed E-state index contributed by atoms with van der Waals surface area (Å²) in [5.74, 6) is -0.892. The number of para-hydroxylation sites is 1. The molecule has 0 saturated carbocycles. The van der Waals surface area contributed by atoms with Gasteiger partial charge in [-0.1, -0.05) is 29.4 Å². The number of H-pyrrole nitrogens is 1. The number of aromatic amines is 1. The van der Waals surface area contributed by atoms with Crippen molar-refractivity contribution in [3.63, 3.8) is 0 Å². The van der Waals surface area contributed by atoms with Crippen molar-refractivity contribution in [3.05, 3.63) is 101 Å². The normalized spacial score (nSPS) is 16.8. The van der Waals surface area contributed by atoms with Crippen molar-refractivity contribution >= 4 is 22.5 Å². The third kappa shape index (κ3) is 7.39. The first-order valence-corrected chi connectivity index (χ1v) is 13.8. The third-order valence-electron chi connectivity index (χ3n) is 7.42. The van der Waals surface area contributed by atoms with Crippen LogP contribution in [0.1, 0.15) is 39.5 Å². The Hall–Kier alpha value is -4.39. The van der Waals surface area contributed by atoms with Crippen LogP contribution in [0.15, 0.2) is 78.3 Å². The zero-order valence-corrected chi connectivity index (χ0v) is 23.6. The Bertz CT molecular complexity index is 1600. The van der Waals surface area contributed by atoms with Crippen LogP contribution in [0, 0.1) is 0 Å². The van der Waals surface area contributed by atoms with Gasteiger partial charge in [-0.3, -0.25) is 14.7 Å². The molecule has 44 heavy (non-hydrogen) atoms. The second-order valence-corrected chi connectivity index (χ2v) is 10.7. The van der Waals surface area contributed by atoms with Crippen molar-refractivity contribution in [2.45, 2.75) is 38.3 Å². The maximum atomic E-state index is 13.7. The Kier molecular flexibility index (Phi) is 8.95. The minimum absolute atomic E-state index is 0.0244. The van der Waals surface area contributed by atoms with Crippen LogP contribution in [0.25, 0.3) is 10.9 Å². The number of amides is 1. The fourth-order valence-corrected chi connectivity index (χ4v) is 5.36. The summed E-state index contributed by atoms with van der Waals surface area (Å²) in [5.41, 5.74) is -0.470. The molecule has 1 aliphatic rings. The molecule has 0 spiro atoms. The number of oxime groups is 1. The number of hydrogen-bond donors (Lipinski definition) is 1. The fraction of sp³-hybridized carbons (Fsp3) is 0.323. The summed E-state index contributed by atoms with van der Waals surface area (Å²) in [6, 6.07) is 11.6. The number of halogens is 6. The minimum Gasteiger partial charge on any atom is -0.391 e. The number of fused-ring (bicyclic) bond motifs is 1. The molecular weight excluding hydrogens is 588 g/mol. The maximum absolute atomic E-state index is 13.7. The van der Waals surface area contributed by atoms with Gasteiger partial charge in [0.15, 0.2) is 0 Å². The van der Waals surface area contributed by atoms with E-state index in [2.05, 4.69) is 15.1 Å². The number of nitrogens with one attached hydrogen (secondary N) is 1. The molecule has 1 N–H and O–H groups in total. The van der Waals surface area contributed by atoms with Gasteiger partial charge in [0.1, 0.15) is 6.61 Å². The average molecular weight is 618 g/mol. The van der Waals surface area contributed by atoms with Crippen LogP contribution < -0.4 is 0 Å². The van der Waals surface area contributed by atoms with E-state index in [1.165, 1.54) is 4.90 Å². The number of rotatable bonds is 8. The van der Waals surface area contributed by atoms with E-state index in [9.17, 15) is 31.1 Å². The highest BCUT2D eigenvalue weighted by Gasteiger charge is 2.39. The van der Waals surface area contributed by atoms with Gasteiger partial charge in [0, 0.05) is 72.8 Å². The largest absolute Gasteiger partial charge is 0.416 e. The molecule has 1 saturated heterocycles. The smallest absolute Gasteiger partial charge is 0.391 e. The molecule has 2 aromatic carbocycles. The Labute approximate surface area is 249 Å². The second kappa shape index (κ2) is 12.7. The zero-order valence-electron chi connectivity index (χ0n) is 23.6.